The van der Waals surface area contributed by atoms with Crippen LogP contribution in [0, 0.1) is 6.92 Å². The molecule has 0 saturated heterocycles. The van der Waals surface area contributed by atoms with Gasteiger partial charge in [-0.3, -0.25) is 4.21 Å². The third-order valence-corrected chi connectivity index (χ3v) is 4.26. The van der Waals surface area contributed by atoms with Gasteiger partial charge in [0.15, 0.2) is 6.79 Å². The van der Waals surface area contributed by atoms with Crippen molar-refractivity contribution in [3.63, 3.8) is 0 Å². The van der Waals surface area contributed by atoms with Gasteiger partial charge in [-0.05, 0) is 39.3 Å². The van der Waals surface area contributed by atoms with E-state index >= 15 is 0 Å². The third-order valence-electron chi connectivity index (χ3n) is 2.25. The molecule has 17 heavy (non-hydrogen) atoms. The summed E-state index contributed by atoms with van der Waals surface area (Å²) in [4.78, 5) is 0.761. The van der Waals surface area contributed by atoms with Crippen LogP contribution in [0.25, 0.3) is 0 Å². The van der Waals surface area contributed by atoms with Gasteiger partial charge in [0.1, 0.15) is 5.75 Å². The van der Waals surface area contributed by atoms with Gasteiger partial charge in [-0.1, -0.05) is 12.1 Å². The van der Waals surface area contributed by atoms with Crippen molar-refractivity contribution in [3.8, 4) is 5.75 Å². The van der Waals surface area contributed by atoms with E-state index < -0.39 is 10.8 Å². The van der Waals surface area contributed by atoms with Crippen molar-refractivity contribution in [1.82, 2.24) is 0 Å². The molecule has 0 N–H and O–H groups in total. The van der Waals surface area contributed by atoms with Gasteiger partial charge in [-0.2, -0.15) is 0 Å². The fraction of sp³-hybridized carbons (Fsp3) is 0.538. The first kappa shape index (κ1) is 14.2. The first-order valence-corrected chi connectivity index (χ1v) is 6.66. The van der Waals surface area contributed by atoms with Crippen molar-refractivity contribution < 1.29 is 13.7 Å². The van der Waals surface area contributed by atoms with Crippen LogP contribution in [0.3, 0.4) is 0 Å². The second kappa shape index (κ2) is 5.65. The van der Waals surface area contributed by atoms with E-state index in [1.54, 1.807) is 7.11 Å². The molecule has 4 heteroatoms. The minimum absolute atomic E-state index is 0.164. The molecule has 0 saturated carbocycles. The molecule has 0 aliphatic heterocycles. The Kier molecular flexibility index (Phi) is 4.71. The Hall–Kier alpha value is -0.870. The van der Waals surface area contributed by atoms with Crippen molar-refractivity contribution in [2.45, 2.75) is 37.3 Å². The van der Waals surface area contributed by atoms with Crippen molar-refractivity contribution in [1.29, 1.82) is 0 Å². The number of hydrogen-bond donors (Lipinski definition) is 0. The fourth-order valence-corrected chi connectivity index (χ4v) is 2.69. The first-order valence-electron chi connectivity index (χ1n) is 5.51. The van der Waals surface area contributed by atoms with Gasteiger partial charge < -0.3 is 9.47 Å². The molecule has 1 aromatic carbocycles. The lowest BCUT2D eigenvalue weighted by Gasteiger charge is -2.21. The van der Waals surface area contributed by atoms with Gasteiger partial charge in [0.2, 0.25) is 0 Å². The van der Waals surface area contributed by atoms with Crippen LogP contribution in [-0.4, -0.2) is 22.9 Å². The highest BCUT2D eigenvalue weighted by Crippen LogP contribution is 2.31. The summed E-state index contributed by atoms with van der Waals surface area (Å²) in [6.45, 7) is 7.97. The molecule has 0 fully saturated rings. The summed E-state index contributed by atoms with van der Waals surface area (Å²) in [5.41, 5.74) is 0.979. The summed E-state index contributed by atoms with van der Waals surface area (Å²) >= 11 is 0. The number of rotatable bonds is 4. The van der Waals surface area contributed by atoms with Crippen molar-refractivity contribution in [2.75, 3.05) is 13.9 Å². The number of benzene rings is 1. The van der Waals surface area contributed by atoms with Crippen LogP contribution in [0.4, 0.5) is 0 Å². The zero-order valence-electron chi connectivity index (χ0n) is 11.1. The summed E-state index contributed by atoms with van der Waals surface area (Å²) in [6, 6.07) is 5.66. The predicted octanol–water partition coefficient (Wildman–Crippen LogP) is 2.88. The normalized spacial score (nSPS) is 13.5. The van der Waals surface area contributed by atoms with Crippen LogP contribution >= 0.6 is 0 Å². The SMILES string of the molecule is COCOc1cccc(C)c1S(=O)C(C)(C)C. The molecule has 0 aliphatic rings. The highest BCUT2D eigenvalue weighted by atomic mass is 32.2. The van der Waals surface area contributed by atoms with E-state index in [4.69, 9.17) is 9.47 Å². The van der Waals surface area contributed by atoms with Gasteiger partial charge in [0.25, 0.3) is 0 Å². The summed E-state index contributed by atoms with van der Waals surface area (Å²) in [5, 5.41) is 0. The van der Waals surface area contributed by atoms with Crippen LogP contribution in [0.2, 0.25) is 0 Å². The minimum atomic E-state index is -1.11. The van der Waals surface area contributed by atoms with Crippen LogP contribution in [0.1, 0.15) is 26.3 Å². The molecule has 1 aromatic rings. The van der Waals surface area contributed by atoms with Crippen molar-refractivity contribution in [3.05, 3.63) is 23.8 Å². The summed E-state index contributed by atoms with van der Waals surface area (Å²) in [7, 11) is 0.458. The van der Waals surface area contributed by atoms with Gasteiger partial charge in [0, 0.05) is 11.9 Å². The average molecular weight is 256 g/mol. The largest absolute Gasteiger partial charge is 0.466 e. The standard InChI is InChI=1S/C13H20O3S/c1-10-7-6-8-11(16-9-15-5)12(10)17(14)13(2,3)4/h6-8H,9H2,1-5H3. The molecule has 0 bridgehead atoms. The second-order valence-electron chi connectivity index (χ2n) is 4.83. The Balaban J connectivity index is 3.16. The molecule has 0 radical (unpaired) electrons. The summed E-state index contributed by atoms with van der Waals surface area (Å²) in [5.74, 6) is 0.639. The molecule has 0 spiro atoms. The van der Waals surface area contributed by atoms with E-state index in [1.165, 1.54) is 0 Å². The Morgan fingerprint density at radius 3 is 2.47 bits per heavy atom. The highest BCUT2D eigenvalue weighted by molar-refractivity contribution is 7.86. The van der Waals surface area contributed by atoms with Gasteiger partial charge in [0.05, 0.1) is 15.7 Å². The number of methoxy groups -OCH3 is 1. The van der Waals surface area contributed by atoms with E-state index in [9.17, 15) is 4.21 Å². The topological polar surface area (TPSA) is 35.5 Å². The van der Waals surface area contributed by atoms with Gasteiger partial charge >= 0.3 is 0 Å². The maximum atomic E-state index is 12.5. The Bertz CT molecular complexity index is 408. The van der Waals surface area contributed by atoms with Crippen LogP contribution < -0.4 is 4.74 Å². The van der Waals surface area contributed by atoms with Crippen molar-refractivity contribution >= 4 is 10.8 Å². The van der Waals surface area contributed by atoms with E-state index in [2.05, 4.69) is 0 Å². The lowest BCUT2D eigenvalue weighted by atomic mass is 10.2. The molecular formula is C13H20O3S. The Morgan fingerprint density at radius 2 is 1.94 bits per heavy atom. The van der Waals surface area contributed by atoms with E-state index in [-0.39, 0.29) is 11.5 Å². The maximum Gasteiger partial charge on any atom is 0.188 e. The van der Waals surface area contributed by atoms with Crippen molar-refractivity contribution in [2.24, 2.45) is 0 Å². The van der Waals surface area contributed by atoms with Gasteiger partial charge in [-0.15, -0.1) is 0 Å². The average Bonchev–Trinajstić information content (AvgIpc) is 2.24. The molecule has 0 aliphatic carbocycles. The van der Waals surface area contributed by atoms with Gasteiger partial charge in [-0.25, -0.2) is 0 Å². The highest BCUT2D eigenvalue weighted by Gasteiger charge is 2.25. The molecule has 3 nitrogen and oxygen atoms in total. The second-order valence-corrected chi connectivity index (χ2v) is 7.00. The van der Waals surface area contributed by atoms with E-state index in [1.807, 2.05) is 45.9 Å². The Morgan fingerprint density at radius 1 is 1.29 bits per heavy atom. The predicted molar refractivity (Wildman–Crippen MR) is 69.8 cm³/mol. The number of hydrogen-bond acceptors (Lipinski definition) is 3. The van der Waals surface area contributed by atoms with Crippen LogP contribution in [0.5, 0.6) is 5.75 Å². The van der Waals surface area contributed by atoms with E-state index in [0.29, 0.717) is 5.75 Å². The fourth-order valence-electron chi connectivity index (χ4n) is 1.41. The molecule has 96 valence electrons. The van der Waals surface area contributed by atoms with Crippen LogP contribution in [-0.2, 0) is 15.5 Å². The molecule has 1 atom stereocenters. The number of aryl methyl sites for hydroxylation is 1. The lowest BCUT2D eigenvalue weighted by molar-refractivity contribution is 0.0490. The monoisotopic (exact) mass is 256 g/mol. The van der Waals surface area contributed by atoms with Crippen LogP contribution in [0.15, 0.2) is 23.1 Å². The smallest absolute Gasteiger partial charge is 0.188 e. The van der Waals surface area contributed by atoms with E-state index in [0.717, 1.165) is 10.5 Å². The minimum Gasteiger partial charge on any atom is -0.466 e. The lowest BCUT2D eigenvalue weighted by Crippen LogP contribution is -2.23. The maximum absolute atomic E-state index is 12.5. The molecule has 1 rings (SSSR count). The molecule has 1 unspecified atom stereocenters. The Labute approximate surface area is 106 Å². The summed E-state index contributed by atoms with van der Waals surface area (Å²) in [6.07, 6.45) is 0. The molecular weight excluding hydrogens is 236 g/mol. The zero-order valence-corrected chi connectivity index (χ0v) is 11.9. The zero-order chi connectivity index (χ0) is 13.1. The third kappa shape index (κ3) is 3.54. The quantitative estimate of drug-likeness (QED) is 0.777. The summed E-state index contributed by atoms with van der Waals surface area (Å²) < 4.78 is 22.5. The number of ether oxygens (including phenoxy) is 2. The molecule has 0 heterocycles. The first-order chi connectivity index (χ1) is 7.88. The molecule has 0 amide bonds. The molecule has 0 aromatic heterocycles.